The fourth-order valence-corrected chi connectivity index (χ4v) is 4.93. The van der Waals surface area contributed by atoms with Crippen LogP contribution in [-0.2, 0) is 0 Å². The zero-order chi connectivity index (χ0) is 23.8. The zero-order valence-corrected chi connectivity index (χ0v) is 19.6. The summed E-state index contributed by atoms with van der Waals surface area (Å²) >= 11 is 0. The topological polar surface area (TPSA) is 68.3 Å². The molecule has 0 saturated carbocycles. The molecule has 1 aliphatic rings. The number of aryl methyl sites for hydroxylation is 1. The molecule has 0 radical (unpaired) electrons. The molecule has 1 atom stereocenters. The number of aromatic nitrogens is 5. The van der Waals surface area contributed by atoms with Crippen molar-refractivity contribution in [3.8, 4) is 16.9 Å². The van der Waals surface area contributed by atoms with Gasteiger partial charge in [0.2, 0.25) is 0 Å². The van der Waals surface area contributed by atoms with Crippen LogP contribution < -0.4 is 0 Å². The van der Waals surface area contributed by atoms with E-state index >= 15 is 0 Å². The molecule has 1 saturated heterocycles. The second kappa shape index (κ2) is 8.83. The van der Waals surface area contributed by atoms with Crippen molar-refractivity contribution in [2.75, 3.05) is 13.1 Å². The Kier molecular flexibility index (Phi) is 5.37. The van der Waals surface area contributed by atoms with Gasteiger partial charge in [0.1, 0.15) is 11.5 Å². The summed E-state index contributed by atoms with van der Waals surface area (Å²) in [4.78, 5) is 15.9. The summed E-state index contributed by atoms with van der Waals surface area (Å²) in [7, 11) is 0. The van der Waals surface area contributed by atoms with E-state index in [1.54, 1.807) is 4.68 Å². The molecule has 5 aromatic rings. The van der Waals surface area contributed by atoms with Crippen molar-refractivity contribution in [2.45, 2.75) is 25.7 Å². The number of carbonyl (C=O) groups excluding carboxylic acids is 1. The molecule has 1 aliphatic heterocycles. The summed E-state index contributed by atoms with van der Waals surface area (Å²) in [5.41, 5.74) is 5.15. The Morgan fingerprint density at radius 1 is 0.971 bits per heavy atom. The molecule has 0 bridgehead atoms. The molecule has 6 rings (SSSR count). The number of rotatable bonds is 4. The lowest BCUT2D eigenvalue weighted by Gasteiger charge is -2.32. The van der Waals surface area contributed by atoms with Gasteiger partial charge in [-0.15, -0.1) is 10.2 Å². The normalized spacial score (nSPS) is 16.0. The number of piperidine rings is 1. The van der Waals surface area contributed by atoms with Crippen LogP contribution in [0.5, 0.6) is 0 Å². The van der Waals surface area contributed by atoms with Gasteiger partial charge in [0.15, 0.2) is 5.65 Å². The maximum Gasteiger partial charge on any atom is 0.257 e. The Morgan fingerprint density at radius 3 is 2.69 bits per heavy atom. The van der Waals surface area contributed by atoms with Crippen molar-refractivity contribution in [3.05, 3.63) is 102 Å². The monoisotopic (exact) mass is 462 g/mol. The number of fused-ring (bicyclic) bond motifs is 1. The van der Waals surface area contributed by atoms with E-state index in [1.807, 2.05) is 82.4 Å². The SMILES string of the molecule is Cc1cccc(-c2nn(-c3ccccc3)cc2C(=O)N2CCCC(c3nnc4ccccn34)C2)c1. The number of benzene rings is 2. The highest BCUT2D eigenvalue weighted by molar-refractivity contribution is 6.00. The van der Waals surface area contributed by atoms with E-state index in [-0.39, 0.29) is 11.8 Å². The van der Waals surface area contributed by atoms with E-state index in [2.05, 4.69) is 29.3 Å². The molecule has 35 heavy (non-hydrogen) atoms. The summed E-state index contributed by atoms with van der Waals surface area (Å²) in [6.45, 7) is 3.38. The number of nitrogens with zero attached hydrogens (tertiary/aromatic N) is 6. The first kappa shape index (κ1) is 21.3. The predicted molar refractivity (Wildman–Crippen MR) is 135 cm³/mol. The van der Waals surface area contributed by atoms with Crippen molar-refractivity contribution >= 4 is 11.6 Å². The Morgan fingerprint density at radius 2 is 1.83 bits per heavy atom. The van der Waals surface area contributed by atoms with Gasteiger partial charge in [0.25, 0.3) is 5.91 Å². The lowest BCUT2D eigenvalue weighted by Crippen LogP contribution is -2.39. The van der Waals surface area contributed by atoms with Crippen LogP contribution in [0.3, 0.4) is 0 Å². The number of hydrogen-bond acceptors (Lipinski definition) is 4. The molecule has 0 N–H and O–H groups in total. The average Bonchev–Trinajstić information content (AvgIpc) is 3.54. The average molecular weight is 463 g/mol. The molecule has 1 fully saturated rings. The van der Waals surface area contributed by atoms with Gasteiger partial charge in [-0.05, 0) is 50.1 Å². The number of likely N-dealkylation sites (tertiary alicyclic amines) is 1. The Labute approximate surface area is 203 Å². The van der Waals surface area contributed by atoms with E-state index < -0.39 is 0 Å². The largest absolute Gasteiger partial charge is 0.338 e. The smallest absolute Gasteiger partial charge is 0.257 e. The third-order valence-corrected chi connectivity index (χ3v) is 6.67. The van der Waals surface area contributed by atoms with Crippen molar-refractivity contribution in [2.24, 2.45) is 0 Å². The third kappa shape index (κ3) is 3.99. The minimum atomic E-state index is 0.00204. The van der Waals surface area contributed by atoms with Crippen molar-refractivity contribution in [1.29, 1.82) is 0 Å². The van der Waals surface area contributed by atoms with E-state index in [1.165, 1.54) is 0 Å². The number of pyridine rings is 1. The van der Waals surface area contributed by atoms with Crippen LogP contribution in [0.1, 0.15) is 40.5 Å². The van der Waals surface area contributed by atoms with Gasteiger partial charge in [-0.1, -0.05) is 48.0 Å². The highest BCUT2D eigenvalue weighted by Gasteiger charge is 2.30. The first-order valence-corrected chi connectivity index (χ1v) is 12.0. The van der Waals surface area contributed by atoms with Gasteiger partial charge >= 0.3 is 0 Å². The first-order valence-electron chi connectivity index (χ1n) is 12.0. The van der Waals surface area contributed by atoms with Gasteiger partial charge < -0.3 is 4.90 Å². The Bertz CT molecular complexity index is 1500. The van der Waals surface area contributed by atoms with E-state index in [4.69, 9.17) is 5.10 Å². The van der Waals surface area contributed by atoms with E-state index in [9.17, 15) is 4.79 Å². The molecule has 0 aliphatic carbocycles. The molecular weight excluding hydrogens is 436 g/mol. The number of amides is 1. The summed E-state index contributed by atoms with van der Waals surface area (Å²) < 4.78 is 3.84. The quantitative estimate of drug-likeness (QED) is 0.381. The molecule has 1 unspecified atom stereocenters. The number of para-hydroxylation sites is 1. The molecular formula is C28H26N6O. The standard InChI is InChI=1S/C28H26N6O/c1-20-9-7-10-21(17-20)26-24(19-34(31-26)23-12-3-2-4-13-23)28(35)32-15-8-11-22(18-32)27-30-29-25-14-5-6-16-33(25)27/h2-7,9-10,12-14,16-17,19,22H,8,11,15,18H2,1H3. The molecule has 1 amide bonds. The highest BCUT2D eigenvalue weighted by Crippen LogP contribution is 2.30. The van der Waals surface area contributed by atoms with Crippen LogP contribution in [0.4, 0.5) is 0 Å². The van der Waals surface area contributed by atoms with Crippen LogP contribution in [0, 0.1) is 6.92 Å². The van der Waals surface area contributed by atoms with Gasteiger partial charge in [0, 0.05) is 37.0 Å². The summed E-state index contributed by atoms with van der Waals surface area (Å²) in [5, 5.41) is 13.6. The second-order valence-corrected chi connectivity index (χ2v) is 9.12. The summed E-state index contributed by atoms with van der Waals surface area (Å²) in [6.07, 6.45) is 5.76. The van der Waals surface area contributed by atoms with Crippen LogP contribution in [-0.4, -0.2) is 48.3 Å². The van der Waals surface area contributed by atoms with E-state index in [0.717, 1.165) is 47.7 Å². The fraction of sp³-hybridized carbons (Fsp3) is 0.214. The van der Waals surface area contributed by atoms with E-state index in [0.29, 0.717) is 17.8 Å². The number of hydrogen-bond donors (Lipinski definition) is 0. The van der Waals surface area contributed by atoms with Crippen molar-refractivity contribution in [1.82, 2.24) is 29.3 Å². The third-order valence-electron chi connectivity index (χ3n) is 6.67. The van der Waals surface area contributed by atoms with Gasteiger partial charge in [-0.3, -0.25) is 9.20 Å². The molecule has 7 nitrogen and oxygen atoms in total. The fourth-order valence-electron chi connectivity index (χ4n) is 4.93. The molecule has 7 heteroatoms. The van der Waals surface area contributed by atoms with Gasteiger partial charge in [-0.25, -0.2) is 4.68 Å². The highest BCUT2D eigenvalue weighted by atomic mass is 16.2. The maximum atomic E-state index is 13.9. The number of carbonyl (C=O) groups is 1. The molecule has 3 aromatic heterocycles. The van der Waals surface area contributed by atoms with Crippen molar-refractivity contribution in [3.63, 3.8) is 0 Å². The predicted octanol–water partition coefficient (Wildman–Crippen LogP) is 4.91. The van der Waals surface area contributed by atoms with Crippen LogP contribution >= 0.6 is 0 Å². The van der Waals surface area contributed by atoms with Crippen LogP contribution in [0.15, 0.2) is 85.2 Å². The van der Waals surface area contributed by atoms with Crippen LogP contribution in [0.2, 0.25) is 0 Å². The Hall–Kier alpha value is -4.26. The van der Waals surface area contributed by atoms with Gasteiger partial charge in [-0.2, -0.15) is 5.10 Å². The van der Waals surface area contributed by atoms with Crippen molar-refractivity contribution < 1.29 is 4.79 Å². The minimum Gasteiger partial charge on any atom is -0.338 e. The first-order chi connectivity index (χ1) is 17.2. The zero-order valence-electron chi connectivity index (χ0n) is 19.6. The summed E-state index contributed by atoms with van der Waals surface area (Å²) in [5.74, 6) is 1.05. The second-order valence-electron chi connectivity index (χ2n) is 9.12. The summed E-state index contributed by atoms with van der Waals surface area (Å²) in [6, 6.07) is 24.0. The Balaban J connectivity index is 1.36. The molecule has 0 spiro atoms. The molecule has 2 aromatic carbocycles. The lowest BCUT2D eigenvalue weighted by atomic mass is 9.96. The van der Waals surface area contributed by atoms with Crippen LogP contribution in [0.25, 0.3) is 22.6 Å². The lowest BCUT2D eigenvalue weighted by molar-refractivity contribution is 0.0705. The minimum absolute atomic E-state index is 0.00204. The maximum absolute atomic E-state index is 13.9. The molecule has 4 heterocycles. The molecule has 174 valence electrons. The van der Waals surface area contributed by atoms with Gasteiger partial charge in [0.05, 0.1) is 11.3 Å².